The molecule has 0 spiro atoms. The van der Waals surface area contributed by atoms with E-state index < -0.39 is 0 Å². The van der Waals surface area contributed by atoms with Crippen molar-refractivity contribution in [1.29, 1.82) is 0 Å². The molecule has 23 heavy (non-hydrogen) atoms. The summed E-state index contributed by atoms with van der Waals surface area (Å²) in [7, 11) is 4.12. The van der Waals surface area contributed by atoms with E-state index in [4.69, 9.17) is 0 Å². The lowest BCUT2D eigenvalue weighted by atomic mass is 10.0. The maximum absolute atomic E-state index is 12.7. The van der Waals surface area contributed by atoms with Crippen LogP contribution in [-0.4, -0.2) is 36.0 Å². The van der Waals surface area contributed by atoms with E-state index in [0.29, 0.717) is 6.04 Å². The minimum absolute atomic E-state index is 0.0227. The Morgan fingerprint density at radius 1 is 1.22 bits per heavy atom. The van der Waals surface area contributed by atoms with Crippen molar-refractivity contribution in [3.05, 3.63) is 59.9 Å². The molecule has 0 radical (unpaired) electrons. The van der Waals surface area contributed by atoms with Crippen LogP contribution >= 0.6 is 0 Å². The Bertz CT molecular complexity index is 644. The average Bonchev–Trinajstić information content (AvgIpc) is 3.28. The largest absolute Gasteiger partial charge is 0.344 e. The zero-order valence-corrected chi connectivity index (χ0v) is 13.9. The fourth-order valence-corrected chi connectivity index (χ4v) is 2.88. The van der Waals surface area contributed by atoms with Crippen molar-refractivity contribution in [2.45, 2.75) is 31.3 Å². The van der Waals surface area contributed by atoms with Crippen LogP contribution in [0.5, 0.6) is 0 Å². The predicted octanol–water partition coefficient (Wildman–Crippen LogP) is 3.25. The molecule has 1 saturated carbocycles. The number of benzene rings is 1. The van der Waals surface area contributed by atoms with Gasteiger partial charge in [-0.3, -0.25) is 4.79 Å². The Morgan fingerprint density at radius 2 is 1.96 bits per heavy atom. The summed E-state index contributed by atoms with van der Waals surface area (Å²) in [6, 6.07) is 14.7. The van der Waals surface area contributed by atoms with Gasteiger partial charge in [-0.2, -0.15) is 0 Å². The van der Waals surface area contributed by atoms with E-state index in [1.165, 1.54) is 12.8 Å². The first-order valence-electron chi connectivity index (χ1n) is 8.32. The molecule has 1 atom stereocenters. The third-order valence-corrected chi connectivity index (χ3v) is 4.32. The van der Waals surface area contributed by atoms with E-state index in [1.807, 2.05) is 36.5 Å². The molecule has 122 valence electrons. The fourth-order valence-electron chi connectivity index (χ4n) is 2.88. The van der Waals surface area contributed by atoms with Crippen LogP contribution in [0.4, 0.5) is 0 Å². The molecule has 1 amide bonds. The van der Waals surface area contributed by atoms with Gasteiger partial charge in [-0.25, -0.2) is 0 Å². The summed E-state index contributed by atoms with van der Waals surface area (Å²) in [5.74, 6) is 0.0227. The summed E-state index contributed by atoms with van der Waals surface area (Å²) in [6.45, 7) is 0.934. The molecule has 1 fully saturated rings. The highest BCUT2D eigenvalue weighted by molar-refractivity contribution is 5.93. The molecule has 1 unspecified atom stereocenters. The number of hydrogen-bond donors (Lipinski definition) is 1. The molecule has 0 saturated heterocycles. The number of nitrogens with zero attached hydrogens (tertiary/aromatic N) is 2. The van der Waals surface area contributed by atoms with Crippen LogP contribution in [0, 0.1) is 0 Å². The lowest BCUT2D eigenvalue weighted by Crippen LogP contribution is -2.32. The first kappa shape index (κ1) is 15.8. The Kier molecular flexibility index (Phi) is 4.82. The molecule has 0 aliphatic heterocycles. The molecule has 4 nitrogen and oxygen atoms in total. The summed E-state index contributed by atoms with van der Waals surface area (Å²) in [5, 5.41) is 3.23. The maximum Gasteiger partial charge on any atom is 0.268 e. The second kappa shape index (κ2) is 7.01. The molecule has 1 aromatic carbocycles. The molecule has 1 aliphatic rings. The van der Waals surface area contributed by atoms with Crippen LogP contribution in [0.2, 0.25) is 0 Å². The van der Waals surface area contributed by atoms with Crippen molar-refractivity contribution in [3.63, 3.8) is 0 Å². The minimum atomic E-state index is 0.0227. The molecule has 1 aromatic heterocycles. The molecule has 0 bridgehead atoms. The third-order valence-electron chi connectivity index (χ3n) is 4.32. The normalized spacial score (nSPS) is 15.6. The van der Waals surface area contributed by atoms with Crippen LogP contribution < -0.4 is 5.32 Å². The van der Waals surface area contributed by atoms with E-state index in [0.717, 1.165) is 24.2 Å². The molecule has 1 heterocycles. The Balaban J connectivity index is 1.74. The topological polar surface area (TPSA) is 37.3 Å². The lowest BCUT2D eigenvalue weighted by molar-refractivity contribution is 0.0923. The first-order chi connectivity index (χ1) is 11.1. The summed E-state index contributed by atoms with van der Waals surface area (Å²) in [6.07, 6.45) is 5.27. The zero-order valence-electron chi connectivity index (χ0n) is 13.9. The summed E-state index contributed by atoms with van der Waals surface area (Å²) in [4.78, 5) is 14.9. The number of carbonyl (C=O) groups is 1. The summed E-state index contributed by atoms with van der Waals surface area (Å²) >= 11 is 0. The van der Waals surface area contributed by atoms with Gasteiger partial charge < -0.3 is 14.8 Å². The SMILES string of the molecule is CN(C)CCC(NC(=O)c1cccn1C1CC1)c1ccccc1. The Morgan fingerprint density at radius 3 is 2.61 bits per heavy atom. The summed E-state index contributed by atoms with van der Waals surface area (Å²) < 4.78 is 2.11. The van der Waals surface area contributed by atoms with Gasteiger partial charge in [0, 0.05) is 12.2 Å². The first-order valence-corrected chi connectivity index (χ1v) is 8.32. The number of carbonyl (C=O) groups excluding carboxylic acids is 1. The molecular formula is C19H25N3O. The van der Waals surface area contributed by atoms with Crippen molar-refractivity contribution in [2.75, 3.05) is 20.6 Å². The van der Waals surface area contributed by atoms with E-state index in [1.54, 1.807) is 0 Å². The van der Waals surface area contributed by atoms with Gasteiger partial charge >= 0.3 is 0 Å². The lowest BCUT2D eigenvalue weighted by Gasteiger charge is -2.21. The van der Waals surface area contributed by atoms with Gasteiger partial charge in [0.2, 0.25) is 0 Å². The Labute approximate surface area is 138 Å². The minimum Gasteiger partial charge on any atom is -0.344 e. The predicted molar refractivity (Wildman–Crippen MR) is 92.5 cm³/mol. The highest BCUT2D eigenvalue weighted by Gasteiger charge is 2.27. The van der Waals surface area contributed by atoms with Crippen LogP contribution in [0.1, 0.15) is 47.4 Å². The number of aromatic nitrogens is 1. The van der Waals surface area contributed by atoms with E-state index >= 15 is 0 Å². The van der Waals surface area contributed by atoms with Crippen LogP contribution in [0.25, 0.3) is 0 Å². The highest BCUT2D eigenvalue weighted by atomic mass is 16.2. The van der Waals surface area contributed by atoms with Crippen molar-refractivity contribution < 1.29 is 4.79 Å². The number of nitrogens with one attached hydrogen (secondary N) is 1. The number of amides is 1. The van der Waals surface area contributed by atoms with Crippen molar-refractivity contribution in [2.24, 2.45) is 0 Å². The molecule has 3 rings (SSSR count). The fraction of sp³-hybridized carbons (Fsp3) is 0.421. The maximum atomic E-state index is 12.7. The van der Waals surface area contributed by atoms with Gasteiger partial charge in [-0.05, 0) is 57.6 Å². The third kappa shape index (κ3) is 4.02. The van der Waals surface area contributed by atoms with Gasteiger partial charge in [0.15, 0.2) is 0 Å². The molecular weight excluding hydrogens is 286 g/mol. The second-order valence-electron chi connectivity index (χ2n) is 6.56. The summed E-state index contributed by atoms with van der Waals surface area (Å²) in [5.41, 5.74) is 1.94. The molecule has 2 aromatic rings. The van der Waals surface area contributed by atoms with Gasteiger partial charge in [-0.15, -0.1) is 0 Å². The molecule has 1 N–H and O–H groups in total. The smallest absolute Gasteiger partial charge is 0.268 e. The van der Waals surface area contributed by atoms with Crippen molar-refractivity contribution in [3.8, 4) is 0 Å². The standard InChI is InChI=1S/C19H25N3O/c1-21(2)14-12-17(15-7-4-3-5-8-15)20-19(23)18-9-6-13-22(18)16-10-11-16/h3-9,13,16-17H,10-12,14H2,1-2H3,(H,20,23). The van der Waals surface area contributed by atoms with Crippen molar-refractivity contribution >= 4 is 5.91 Å². The van der Waals surface area contributed by atoms with Gasteiger partial charge in [0.05, 0.1) is 6.04 Å². The van der Waals surface area contributed by atoms with Gasteiger partial charge in [-0.1, -0.05) is 30.3 Å². The van der Waals surface area contributed by atoms with Crippen LogP contribution in [-0.2, 0) is 0 Å². The monoisotopic (exact) mass is 311 g/mol. The van der Waals surface area contributed by atoms with Crippen molar-refractivity contribution in [1.82, 2.24) is 14.8 Å². The van der Waals surface area contributed by atoms with Gasteiger partial charge in [0.25, 0.3) is 5.91 Å². The Hall–Kier alpha value is -2.07. The zero-order chi connectivity index (χ0) is 16.2. The van der Waals surface area contributed by atoms with Gasteiger partial charge in [0.1, 0.15) is 5.69 Å². The highest BCUT2D eigenvalue weighted by Crippen LogP contribution is 2.36. The molecule has 1 aliphatic carbocycles. The number of rotatable bonds is 7. The quantitative estimate of drug-likeness (QED) is 0.852. The van der Waals surface area contributed by atoms with E-state index in [9.17, 15) is 4.79 Å². The average molecular weight is 311 g/mol. The second-order valence-corrected chi connectivity index (χ2v) is 6.56. The van der Waals surface area contributed by atoms with E-state index in [-0.39, 0.29) is 11.9 Å². The van der Waals surface area contributed by atoms with E-state index in [2.05, 4.69) is 41.0 Å². The molecule has 4 heteroatoms. The van der Waals surface area contributed by atoms with Crippen LogP contribution in [0.3, 0.4) is 0 Å². The van der Waals surface area contributed by atoms with Crippen LogP contribution in [0.15, 0.2) is 48.7 Å². The number of hydrogen-bond acceptors (Lipinski definition) is 2.